The van der Waals surface area contributed by atoms with E-state index in [0.29, 0.717) is 12.1 Å². The molecular formula is C13H14F2N2OS. The van der Waals surface area contributed by atoms with Gasteiger partial charge in [0.2, 0.25) is 0 Å². The van der Waals surface area contributed by atoms with Crippen LogP contribution < -0.4 is 10.1 Å². The molecule has 2 rings (SSSR count). The highest BCUT2D eigenvalue weighted by Gasteiger charge is 2.13. The van der Waals surface area contributed by atoms with Gasteiger partial charge in [-0.15, -0.1) is 11.3 Å². The van der Waals surface area contributed by atoms with Gasteiger partial charge in [0, 0.05) is 12.7 Å². The predicted molar refractivity (Wildman–Crippen MR) is 70.2 cm³/mol. The molecule has 0 bridgehead atoms. The SMILES string of the molecule is CCNCc1cc(F)c(OCc2cncs2)c(F)c1. The van der Waals surface area contributed by atoms with Crippen LogP contribution in [0.25, 0.3) is 0 Å². The van der Waals surface area contributed by atoms with Crippen LogP contribution in [0.2, 0.25) is 0 Å². The highest BCUT2D eigenvalue weighted by Crippen LogP contribution is 2.24. The number of halogens is 2. The number of benzene rings is 1. The van der Waals surface area contributed by atoms with E-state index in [4.69, 9.17) is 4.74 Å². The molecule has 0 fully saturated rings. The first-order chi connectivity index (χ1) is 9.20. The molecule has 6 heteroatoms. The van der Waals surface area contributed by atoms with Crippen LogP contribution in [0.3, 0.4) is 0 Å². The molecule has 0 aliphatic heterocycles. The van der Waals surface area contributed by atoms with Crippen molar-refractivity contribution in [2.75, 3.05) is 6.54 Å². The smallest absolute Gasteiger partial charge is 0.191 e. The van der Waals surface area contributed by atoms with Gasteiger partial charge in [-0.05, 0) is 24.2 Å². The van der Waals surface area contributed by atoms with E-state index in [-0.39, 0.29) is 12.4 Å². The first-order valence-corrected chi connectivity index (χ1v) is 6.77. The van der Waals surface area contributed by atoms with Crippen LogP contribution in [0.4, 0.5) is 8.78 Å². The molecule has 0 aliphatic rings. The highest BCUT2D eigenvalue weighted by atomic mass is 32.1. The maximum atomic E-state index is 13.8. The monoisotopic (exact) mass is 284 g/mol. The molecule has 0 saturated heterocycles. The molecule has 0 unspecified atom stereocenters. The molecule has 1 N–H and O–H groups in total. The van der Waals surface area contributed by atoms with Crippen molar-refractivity contribution in [1.82, 2.24) is 10.3 Å². The van der Waals surface area contributed by atoms with Crippen molar-refractivity contribution in [1.29, 1.82) is 0 Å². The number of hydrogen-bond acceptors (Lipinski definition) is 4. The van der Waals surface area contributed by atoms with Gasteiger partial charge >= 0.3 is 0 Å². The molecule has 2 aromatic rings. The molecule has 0 amide bonds. The van der Waals surface area contributed by atoms with Gasteiger partial charge in [-0.3, -0.25) is 4.98 Å². The molecule has 1 heterocycles. The quantitative estimate of drug-likeness (QED) is 0.885. The minimum absolute atomic E-state index is 0.116. The lowest BCUT2D eigenvalue weighted by molar-refractivity contribution is 0.276. The number of thiazole rings is 1. The van der Waals surface area contributed by atoms with E-state index in [9.17, 15) is 8.78 Å². The summed E-state index contributed by atoms with van der Waals surface area (Å²) in [5.74, 6) is -1.71. The molecule has 0 aliphatic carbocycles. The van der Waals surface area contributed by atoms with E-state index in [1.165, 1.54) is 23.5 Å². The van der Waals surface area contributed by atoms with E-state index >= 15 is 0 Å². The van der Waals surface area contributed by atoms with E-state index in [2.05, 4.69) is 10.3 Å². The van der Waals surface area contributed by atoms with Gasteiger partial charge in [-0.2, -0.15) is 0 Å². The zero-order valence-corrected chi connectivity index (χ0v) is 11.3. The third-order valence-electron chi connectivity index (χ3n) is 2.48. The van der Waals surface area contributed by atoms with Crippen LogP contribution in [0.15, 0.2) is 23.8 Å². The van der Waals surface area contributed by atoms with E-state index < -0.39 is 11.6 Å². The van der Waals surface area contributed by atoms with E-state index in [0.717, 1.165) is 11.4 Å². The molecule has 1 aromatic heterocycles. The maximum absolute atomic E-state index is 13.8. The van der Waals surface area contributed by atoms with Crippen molar-refractivity contribution < 1.29 is 13.5 Å². The maximum Gasteiger partial charge on any atom is 0.191 e. The van der Waals surface area contributed by atoms with Crippen molar-refractivity contribution in [3.63, 3.8) is 0 Å². The zero-order valence-electron chi connectivity index (χ0n) is 10.5. The van der Waals surface area contributed by atoms with E-state index in [1.54, 1.807) is 11.7 Å². The minimum Gasteiger partial charge on any atom is -0.482 e. The summed E-state index contributed by atoms with van der Waals surface area (Å²) in [6, 6.07) is 2.57. The fourth-order valence-electron chi connectivity index (χ4n) is 1.58. The molecule has 0 spiro atoms. The number of nitrogens with one attached hydrogen (secondary N) is 1. The first-order valence-electron chi connectivity index (χ1n) is 5.89. The third-order valence-corrected chi connectivity index (χ3v) is 3.23. The Hall–Kier alpha value is -1.53. The van der Waals surface area contributed by atoms with Gasteiger partial charge in [-0.25, -0.2) is 8.78 Å². The Morgan fingerprint density at radius 3 is 2.63 bits per heavy atom. The van der Waals surface area contributed by atoms with Crippen LogP contribution in [0.5, 0.6) is 5.75 Å². The first kappa shape index (κ1) is 13.9. The topological polar surface area (TPSA) is 34.1 Å². The van der Waals surface area contributed by atoms with Crippen LogP contribution in [-0.4, -0.2) is 11.5 Å². The number of nitrogens with zero attached hydrogens (tertiary/aromatic N) is 1. The number of ether oxygens (including phenoxy) is 1. The number of aromatic nitrogens is 1. The van der Waals surface area contributed by atoms with Gasteiger partial charge in [0.15, 0.2) is 17.4 Å². The van der Waals surface area contributed by atoms with Crippen molar-refractivity contribution in [2.45, 2.75) is 20.1 Å². The summed E-state index contributed by atoms with van der Waals surface area (Å²) in [4.78, 5) is 4.69. The molecule has 19 heavy (non-hydrogen) atoms. The Bertz CT molecular complexity index is 508. The summed E-state index contributed by atoms with van der Waals surface area (Å²) < 4.78 is 32.7. The molecule has 0 atom stereocenters. The average molecular weight is 284 g/mol. The van der Waals surface area contributed by atoms with Crippen molar-refractivity contribution >= 4 is 11.3 Å². The zero-order chi connectivity index (χ0) is 13.7. The molecule has 0 radical (unpaired) electrons. The van der Waals surface area contributed by atoms with Gasteiger partial charge in [0.25, 0.3) is 0 Å². The third kappa shape index (κ3) is 3.71. The Morgan fingerprint density at radius 2 is 2.05 bits per heavy atom. The second-order valence-corrected chi connectivity index (χ2v) is 4.90. The van der Waals surface area contributed by atoms with Crippen LogP contribution >= 0.6 is 11.3 Å². The van der Waals surface area contributed by atoms with Crippen LogP contribution in [0, 0.1) is 11.6 Å². The normalized spacial score (nSPS) is 10.7. The summed E-state index contributed by atoms with van der Waals surface area (Å²) in [7, 11) is 0. The number of hydrogen-bond donors (Lipinski definition) is 1. The Kier molecular flexibility index (Phi) is 4.81. The molecule has 1 aromatic carbocycles. The van der Waals surface area contributed by atoms with Crippen molar-refractivity contribution in [2.24, 2.45) is 0 Å². The molecule has 102 valence electrons. The lowest BCUT2D eigenvalue weighted by Crippen LogP contribution is -2.12. The fraction of sp³-hybridized carbons (Fsp3) is 0.308. The second-order valence-electron chi connectivity index (χ2n) is 3.93. The van der Waals surface area contributed by atoms with Crippen molar-refractivity contribution in [3.8, 4) is 5.75 Å². The minimum atomic E-state index is -0.683. The highest BCUT2D eigenvalue weighted by molar-refractivity contribution is 7.09. The average Bonchev–Trinajstić information content (AvgIpc) is 2.88. The summed E-state index contributed by atoms with van der Waals surface area (Å²) in [5.41, 5.74) is 2.20. The van der Waals surface area contributed by atoms with Gasteiger partial charge in [0.1, 0.15) is 6.61 Å². The molecule has 3 nitrogen and oxygen atoms in total. The second kappa shape index (κ2) is 6.58. The van der Waals surface area contributed by atoms with Crippen molar-refractivity contribution in [3.05, 3.63) is 45.9 Å². The largest absolute Gasteiger partial charge is 0.482 e. The summed E-state index contributed by atoms with van der Waals surface area (Å²) in [6.07, 6.45) is 1.61. The lowest BCUT2D eigenvalue weighted by atomic mass is 10.2. The lowest BCUT2D eigenvalue weighted by Gasteiger charge is -2.09. The molecular weight excluding hydrogens is 270 g/mol. The summed E-state index contributed by atoms with van der Waals surface area (Å²) in [5, 5.41) is 3.01. The fourth-order valence-corrected chi connectivity index (χ4v) is 2.08. The Morgan fingerprint density at radius 1 is 1.32 bits per heavy atom. The van der Waals surface area contributed by atoms with E-state index in [1.807, 2.05) is 6.92 Å². The Labute approximate surface area is 114 Å². The molecule has 0 saturated carbocycles. The summed E-state index contributed by atoms with van der Waals surface area (Å²) in [6.45, 7) is 3.22. The predicted octanol–water partition coefficient (Wildman–Crippen LogP) is 3.11. The van der Waals surface area contributed by atoms with Gasteiger partial charge in [-0.1, -0.05) is 6.92 Å². The standard InChI is InChI=1S/C13H14F2N2OS/c1-2-16-5-9-3-11(14)13(12(15)4-9)18-7-10-6-17-8-19-10/h3-4,6,8,16H,2,5,7H2,1H3. The van der Waals surface area contributed by atoms with Crippen LogP contribution in [-0.2, 0) is 13.2 Å². The van der Waals surface area contributed by atoms with Gasteiger partial charge in [0.05, 0.1) is 10.4 Å². The van der Waals surface area contributed by atoms with Crippen LogP contribution in [0.1, 0.15) is 17.4 Å². The van der Waals surface area contributed by atoms with Gasteiger partial charge < -0.3 is 10.1 Å². The Balaban J connectivity index is 2.08. The summed E-state index contributed by atoms with van der Waals surface area (Å²) >= 11 is 1.38. The number of rotatable bonds is 6.